The Labute approximate surface area is 179 Å². The Morgan fingerprint density at radius 2 is 1.84 bits per heavy atom. The number of carbonyl (C=O) groups excluding carboxylic acids is 1. The average molecular weight is 454 g/mol. The number of carbonyl (C=O) groups is 1. The number of hydrogen-bond acceptors (Lipinski definition) is 6. The van der Waals surface area contributed by atoms with Gasteiger partial charge in [-0.2, -0.15) is 0 Å². The van der Waals surface area contributed by atoms with Gasteiger partial charge in [0.25, 0.3) is 0 Å². The molecule has 1 aliphatic rings. The van der Waals surface area contributed by atoms with Crippen molar-refractivity contribution in [1.82, 2.24) is 0 Å². The van der Waals surface area contributed by atoms with Gasteiger partial charge in [-0.25, -0.2) is 17.2 Å². The molecule has 9 heteroatoms. The van der Waals surface area contributed by atoms with Crippen molar-refractivity contribution in [3.05, 3.63) is 59.2 Å². The van der Waals surface area contributed by atoms with Gasteiger partial charge < -0.3 is 14.6 Å². The van der Waals surface area contributed by atoms with E-state index in [1.807, 2.05) is 0 Å². The Morgan fingerprint density at radius 3 is 2.45 bits per heavy atom. The van der Waals surface area contributed by atoms with Gasteiger partial charge in [0.1, 0.15) is 11.1 Å². The second-order valence-electron chi connectivity index (χ2n) is 7.52. The molecule has 0 fully saturated rings. The van der Waals surface area contributed by atoms with Crippen molar-refractivity contribution in [3.8, 4) is 5.75 Å². The zero-order chi connectivity index (χ0) is 22.8. The van der Waals surface area contributed by atoms with E-state index in [2.05, 4.69) is 0 Å². The summed E-state index contributed by atoms with van der Waals surface area (Å²) in [6, 6.07) is 7.72. The van der Waals surface area contributed by atoms with Gasteiger partial charge in [0, 0.05) is 12.5 Å². The lowest BCUT2D eigenvalue weighted by molar-refractivity contribution is -0.148. The molecule has 0 bridgehead atoms. The normalized spacial score (nSPS) is 19.3. The minimum atomic E-state index is -4.25. The molecule has 3 rings (SSSR count). The summed E-state index contributed by atoms with van der Waals surface area (Å²) in [7, 11) is -3.09. The average Bonchev–Trinajstić information content (AvgIpc) is 2.76. The van der Waals surface area contributed by atoms with Crippen LogP contribution in [0, 0.1) is 30.4 Å². The summed E-state index contributed by atoms with van der Waals surface area (Å²) in [5.74, 6) is -5.04. The number of benzene rings is 2. The second kappa shape index (κ2) is 9.32. The topological polar surface area (TPSA) is 89.9 Å². The number of aryl methyl sites for hydroxylation is 1. The molecule has 1 heterocycles. The van der Waals surface area contributed by atoms with Crippen LogP contribution in [0.5, 0.6) is 5.75 Å². The van der Waals surface area contributed by atoms with Crippen LogP contribution in [0.15, 0.2) is 41.3 Å². The number of esters is 1. The molecule has 3 unspecified atom stereocenters. The van der Waals surface area contributed by atoms with E-state index in [1.54, 1.807) is 19.1 Å². The summed E-state index contributed by atoms with van der Waals surface area (Å²) in [5.41, 5.74) is 0.394. The van der Waals surface area contributed by atoms with Crippen LogP contribution in [0.4, 0.5) is 8.78 Å². The van der Waals surface area contributed by atoms with Crippen molar-refractivity contribution >= 4 is 15.8 Å². The van der Waals surface area contributed by atoms with Crippen molar-refractivity contribution in [1.29, 1.82) is 0 Å². The third kappa shape index (κ3) is 4.43. The van der Waals surface area contributed by atoms with Crippen LogP contribution < -0.4 is 4.74 Å². The lowest BCUT2D eigenvalue weighted by atomic mass is 9.82. The van der Waals surface area contributed by atoms with E-state index in [-0.39, 0.29) is 31.0 Å². The lowest BCUT2D eigenvalue weighted by Crippen LogP contribution is -2.40. The molecule has 0 saturated heterocycles. The predicted molar refractivity (Wildman–Crippen MR) is 108 cm³/mol. The summed E-state index contributed by atoms with van der Waals surface area (Å²) < 4.78 is 67.0. The minimum Gasteiger partial charge on any atom is -0.490 e. The number of methoxy groups -OCH3 is 1. The smallest absolute Gasteiger partial charge is 0.309 e. The SMILES string of the molecule is COC(=O)C(CCCO)C1COc2c(F)ccc(F)c2C1S(=O)(=O)c1ccc(C)cc1. The fourth-order valence-electron chi connectivity index (χ4n) is 4.00. The number of aliphatic hydroxyl groups excluding tert-OH is 1. The summed E-state index contributed by atoms with van der Waals surface area (Å²) in [6.07, 6.45) is 0.301. The monoisotopic (exact) mass is 454 g/mol. The molecule has 0 saturated carbocycles. The molecule has 0 aliphatic carbocycles. The number of rotatable bonds is 7. The van der Waals surface area contributed by atoms with E-state index >= 15 is 0 Å². The third-order valence-corrected chi connectivity index (χ3v) is 7.75. The van der Waals surface area contributed by atoms with E-state index in [1.165, 1.54) is 12.1 Å². The first-order valence-electron chi connectivity index (χ1n) is 9.82. The number of ether oxygens (including phenoxy) is 2. The van der Waals surface area contributed by atoms with Crippen molar-refractivity contribution in [3.63, 3.8) is 0 Å². The first kappa shape index (κ1) is 23.1. The summed E-state index contributed by atoms with van der Waals surface area (Å²) in [4.78, 5) is 12.4. The standard InChI is InChI=1S/C22H24F2O6S/c1-13-5-7-14(8-6-13)31(27,28)21-16(15(4-3-11-25)22(26)29-2)12-30-20-18(24)10-9-17(23)19(20)21/h5-10,15-16,21,25H,3-4,11-12H2,1-2H3. The van der Waals surface area contributed by atoms with Crippen molar-refractivity contribution < 1.29 is 36.6 Å². The minimum absolute atomic E-state index is 0.0737. The maximum atomic E-state index is 14.9. The highest BCUT2D eigenvalue weighted by molar-refractivity contribution is 7.91. The highest BCUT2D eigenvalue weighted by Crippen LogP contribution is 2.48. The Bertz CT molecular complexity index is 1050. The van der Waals surface area contributed by atoms with Crippen molar-refractivity contribution in [2.45, 2.75) is 29.9 Å². The van der Waals surface area contributed by atoms with E-state index in [0.29, 0.717) is 0 Å². The van der Waals surface area contributed by atoms with Gasteiger partial charge in [0.15, 0.2) is 21.4 Å². The first-order chi connectivity index (χ1) is 14.7. The largest absolute Gasteiger partial charge is 0.490 e. The Hall–Kier alpha value is -2.52. The van der Waals surface area contributed by atoms with E-state index in [4.69, 9.17) is 9.47 Å². The summed E-state index contributed by atoms with van der Waals surface area (Å²) in [6.45, 7) is 1.24. The Kier molecular flexibility index (Phi) is 6.96. The van der Waals surface area contributed by atoms with Crippen LogP contribution in [0.3, 0.4) is 0 Å². The van der Waals surface area contributed by atoms with Crippen LogP contribution in [0.2, 0.25) is 0 Å². The van der Waals surface area contributed by atoms with E-state index < -0.39 is 55.8 Å². The molecule has 2 aromatic carbocycles. The van der Waals surface area contributed by atoms with Gasteiger partial charge >= 0.3 is 5.97 Å². The van der Waals surface area contributed by atoms with E-state index in [9.17, 15) is 27.1 Å². The maximum absolute atomic E-state index is 14.9. The number of halogens is 2. The molecule has 0 radical (unpaired) electrons. The predicted octanol–water partition coefficient (Wildman–Crippen LogP) is 3.36. The summed E-state index contributed by atoms with van der Waals surface area (Å²) >= 11 is 0. The molecule has 1 N–H and O–H groups in total. The Balaban J connectivity index is 2.22. The quantitative estimate of drug-likeness (QED) is 0.646. The van der Waals surface area contributed by atoms with Crippen LogP contribution in [-0.4, -0.2) is 39.8 Å². The van der Waals surface area contributed by atoms with Gasteiger partial charge in [-0.05, 0) is 44.0 Å². The van der Waals surface area contributed by atoms with Crippen molar-refractivity contribution in [2.24, 2.45) is 11.8 Å². The molecule has 1 aliphatic heterocycles. The second-order valence-corrected chi connectivity index (χ2v) is 9.59. The Morgan fingerprint density at radius 1 is 1.19 bits per heavy atom. The molecule has 0 aromatic heterocycles. The molecule has 0 amide bonds. The number of aliphatic hydroxyl groups is 1. The van der Waals surface area contributed by atoms with Gasteiger partial charge in [-0.15, -0.1) is 0 Å². The molecule has 6 nitrogen and oxygen atoms in total. The van der Waals surface area contributed by atoms with Gasteiger partial charge in [0.05, 0.1) is 30.1 Å². The maximum Gasteiger partial charge on any atom is 0.309 e. The number of sulfone groups is 1. The zero-order valence-corrected chi connectivity index (χ0v) is 18.0. The van der Waals surface area contributed by atoms with Crippen LogP contribution in [0.1, 0.15) is 29.2 Å². The highest BCUT2D eigenvalue weighted by atomic mass is 32.2. The van der Waals surface area contributed by atoms with E-state index in [0.717, 1.165) is 24.8 Å². The molecule has 2 aromatic rings. The number of fused-ring (bicyclic) bond motifs is 1. The molecular weight excluding hydrogens is 430 g/mol. The van der Waals surface area contributed by atoms with Gasteiger partial charge in [-0.1, -0.05) is 17.7 Å². The van der Waals surface area contributed by atoms with Crippen molar-refractivity contribution in [2.75, 3.05) is 20.3 Å². The van der Waals surface area contributed by atoms with Crippen LogP contribution >= 0.6 is 0 Å². The van der Waals surface area contributed by atoms with Crippen LogP contribution in [-0.2, 0) is 19.4 Å². The molecule has 0 spiro atoms. The lowest BCUT2D eigenvalue weighted by Gasteiger charge is -2.37. The molecule has 31 heavy (non-hydrogen) atoms. The zero-order valence-electron chi connectivity index (χ0n) is 17.2. The fraction of sp³-hybridized carbons (Fsp3) is 0.409. The highest BCUT2D eigenvalue weighted by Gasteiger charge is 2.48. The third-order valence-electron chi connectivity index (χ3n) is 5.57. The molecule has 168 valence electrons. The van der Waals surface area contributed by atoms with Gasteiger partial charge in [0.2, 0.25) is 0 Å². The first-order valence-corrected chi connectivity index (χ1v) is 11.4. The molecule has 3 atom stereocenters. The van der Waals surface area contributed by atoms with Crippen LogP contribution in [0.25, 0.3) is 0 Å². The van der Waals surface area contributed by atoms with Gasteiger partial charge in [-0.3, -0.25) is 4.79 Å². The number of hydrogen-bond donors (Lipinski definition) is 1. The summed E-state index contributed by atoms with van der Waals surface area (Å²) in [5, 5.41) is 7.65. The fourth-order valence-corrected chi connectivity index (χ4v) is 6.07. The molecular formula is C22H24F2O6S.